The van der Waals surface area contributed by atoms with E-state index in [9.17, 15) is 14.7 Å². The molecule has 1 fully saturated rings. The van der Waals surface area contributed by atoms with Gasteiger partial charge in [-0.05, 0) is 36.4 Å². The summed E-state index contributed by atoms with van der Waals surface area (Å²) < 4.78 is 5.53. The maximum absolute atomic E-state index is 13.1. The van der Waals surface area contributed by atoms with Crippen LogP contribution in [0.15, 0.2) is 66.0 Å². The van der Waals surface area contributed by atoms with Crippen LogP contribution in [0.1, 0.15) is 11.9 Å². The number of nitrogens with two attached hydrogens (primary N) is 1. The molecule has 0 spiro atoms. The van der Waals surface area contributed by atoms with Gasteiger partial charge < -0.3 is 25.9 Å². The highest BCUT2D eigenvalue weighted by molar-refractivity contribution is 6.08. The molecule has 12 heteroatoms. The highest BCUT2D eigenvalue weighted by Gasteiger charge is 2.38. The van der Waals surface area contributed by atoms with Crippen molar-refractivity contribution in [1.82, 2.24) is 24.8 Å². The first-order chi connectivity index (χ1) is 17.4. The first kappa shape index (κ1) is 23.1. The summed E-state index contributed by atoms with van der Waals surface area (Å²) in [5.74, 6) is -0.533. The number of ether oxygens (including phenoxy) is 1. The molecule has 1 aliphatic heterocycles. The molecule has 1 saturated heterocycles. The average molecular weight is 486 g/mol. The number of morpholine rings is 1. The van der Waals surface area contributed by atoms with Gasteiger partial charge in [0.05, 0.1) is 24.1 Å². The fourth-order valence-electron chi connectivity index (χ4n) is 4.05. The van der Waals surface area contributed by atoms with Crippen LogP contribution in [0.4, 0.5) is 11.5 Å². The largest absolute Gasteiger partial charge is 0.383 e. The number of nitrogen functional groups attached to an aromatic ring is 1. The Bertz CT molecular complexity index is 1550. The number of amides is 1. The number of hydrogen-bond acceptors (Lipinski definition) is 10. The van der Waals surface area contributed by atoms with Gasteiger partial charge in [-0.1, -0.05) is 0 Å². The molecule has 1 aliphatic rings. The van der Waals surface area contributed by atoms with Crippen molar-refractivity contribution in [3.63, 3.8) is 0 Å². The number of aromatic amines is 1. The van der Waals surface area contributed by atoms with Crippen molar-refractivity contribution >= 4 is 44.9 Å². The molecule has 0 aliphatic carbocycles. The third-order valence-electron chi connectivity index (χ3n) is 5.83. The molecule has 2 atom stereocenters. The lowest BCUT2D eigenvalue weighted by Crippen LogP contribution is -2.52. The van der Waals surface area contributed by atoms with Crippen LogP contribution >= 0.6 is 0 Å². The first-order valence-electron chi connectivity index (χ1n) is 11.0. The fourth-order valence-corrected chi connectivity index (χ4v) is 4.05. The maximum Gasteiger partial charge on any atom is 0.281 e. The molecule has 182 valence electrons. The standard InChI is InChI=1S/C24H22N8O4/c25-17(6-10-28-13-3-7-27-8-4-13)32-11-12-36-20(24(32)35)19(33)22-30-16-2-1-15-14(5-9-29-21(15)26)18(16)23(34)31-22/h1-10,19-20,25,33H,11-12H2,(H2,26,29)(H,27,28)(H,30,31,34)/b10-6-,25-17?. The number of aliphatic hydroxyl groups excluding tert-OH is 1. The summed E-state index contributed by atoms with van der Waals surface area (Å²) in [5, 5.41) is 23.7. The Hall–Kier alpha value is -4.68. The van der Waals surface area contributed by atoms with E-state index < -0.39 is 23.7 Å². The van der Waals surface area contributed by atoms with E-state index in [-0.39, 0.29) is 30.6 Å². The second-order valence-corrected chi connectivity index (χ2v) is 8.03. The Labute approximate surface area is 204 Å². The van der Waals surface area contributed by atoms with Crippen molar-refractivity contribution in [3.05, 3.63) is 77.4 Å². The second kappa shape index (κ2) is 9.52. The number of pyridine rings is 2. The zero-order valence-electron chi connectivity index (χ0n) is 18.9. The first-order valence-corrected chi connectivity index (χ1v) is 11.0. The number of nitrogens with zero attached hydrogens (tertiary/aromatic N) is 4. The van der Waals surface area contributed by atoms with Gasteiger partial charge in [0.1, 0.15) is 23.6 Å². The minimum absolute atomic E-state index is 0.0836. The van der Waals surface area contributed by atoms with E-state index in [2.05, 4.69) is 25.3 Å². The number of anilines is 2. The predicted molar refractivity (Wildman–Crippen MR) is 133 cm³/mol. The van der Waals surface area contributed by atoms with E-state index in [4.69, 9.17) is 15.9 Å². The van der Waals surface area contributed by atoms with Crippen LogP contribution in [0.25, 0.3) is 21.7 Å². The number of fused-ring (bicyclic) bond motifs is 3. The number of nitrogens with one attached hydrogen (secondary N) is 3. The summed E-state index contributed by atoms with van der Waals surface area (Å²) in [4.78, 5) is 42.1. The van der Waals surface area contributed by atoms with Crippen LogP contribution in [-0.2, 0) is 9.53 Å². The summed E-state index contributed by atoms with van der Waals surface area (Å²) in [6.07, 6.45) is 4.80. The van der Waals surface area contributed by atoms with Gasteiger partial charge in [-0.15, -0.1) is 0 Å². The Balaban J connectivity index is 1.38. The Morgan fingerprint density at radius 2 is 2.03 bits per heavy atom. The molecule has 4 aromatic rings. The van der Waals surface area contributed by atoms with Gasteiger partial charge in [-0.3, -0.25) is 24.9 Å². The minimum atomic E-state index is -1.55. The summed E-state index contributed by atoms with van der Waals surface area (Å²) in [7, 11) is 0. The number of carbonyl (C=O) groups is 1. The molecular formula is C24H22N8O4. The topological polar surface area (TPSA) is 183 Å². The molecule has 4 heterocycles. The molecular weight excluding hydrogens is 464 g/mol. The highest BCUT2D eigenvalue weighted by Crippen LogP contribution is 2.26. The molecule has 12 nitrogen and oxygen atoms in total. The Kier molecular flexibility index (Phi) is 6.10. The lowest BCUT2D eigenvalue weighted by molar-refractivity contribution is -0.157. The second-order valence-electron chi connectivity index (χ2n) is 8.03. The zero-order chi connectivity index (χ0) is 25.2. The van der Waals surface area contributed by atoms with E-state index in [1.165, 1.54) is 23.4 Å². The van der Waals surface area contributed by atoms with Crippen molar-refractivity contribution in [2.24, 2.45) is 0 Å². The third kappa shape index (κ3) is 4.26. The molecule has 6 N–H and O–H groups in total. The highest BCUT2D eigenvalue weighted by atomic mass is 16.5. The van der Waals surface area contributed by atoms with Crippen LogP contribution in [0.5, 0.6) is 0 Å². The minimum Gasteiger partial charge on any atom is -0.383 e. The van der Waals surface area contributed by atoms with Crippen LogP contribution in [-0.4, -0.2) is 60.9 Å². The summed E-state index contributed by atoms with van der Waals surface area (Å²) in [5.41, 5.74) is 6.51. The maximum atomic E-state index is 13.1. The van der Waals surface area contributed by atoms with E-state index in [1.807, 2.05) is 0 Å². The molecule has 0 radical (unpaired) electrons. The lowest BCUT2D eigenvalue weighted by atomic mass is 10.1. The molecule has 3 aromatic heterocycles. The van der Waals surface area contributed by atoms with Crippen molar-refractivity contribution in [3.8, 4) is 0 Å². The van der Waals surface area contributed by atoms with Crippen molar-refractivity contribution in [2.75, 3.05) is 24.2 Å². The van der Waals surface area contributed by atoms with Crippen LogP contribution in [0.2, 0.25) is 0 Å². The van der Waals surface area contributed by atoms with Crippen LogP contribution in [0, 0.1) is 5.41 Å². The molecule has 1 aromatic carbocycles. The van der Waals surface area contributed by atoms with E-state index in [1.54, 1.807) is 42.7 Å². The van der Waals surface area contributed by atoms with Gasteiger partial charge in [0.2, 0.25) is 0 Å². The summed E-state index contributed by atoms with van der Waals surface area (Å²) in [6, 6.07) is 8.53. The Morgan fingerprint density at radius 3 is 2.83 bits per heavy atom. The quantitative estimate of drug-likeness (QED) is 0.158. The number of rotatable bonds is 5. The average Bonchev–Trinajstić information content (AvgIpc) is 2.88. The predicted octanol–water partition coefficient (Wildman–Crippen LogP) is 1.31. The molecule has 0 saturated carbocycles. The third-order valence-corrected chi connectivity index (χ3v) is 5.83. The van der Waals surface area contributed by atoms with Crippen LogP contribution < -0.4 is 16.6 Å². The number of aliphatic hydroxyl groups is 1. The van der Waals surface area contributed by atoms with E-state index >= 15 is 0 Å². The molecule has 2 unspecified atom stereocenters. The number of amidine groups is 1. The number of hydrogen-bond donors (Lipinski definition) is 5. The Morgan fingerprint density at radius 1 is 1.22 bits per heavy atom. The van der Waals surface area contributed by atoms with Gasteiger partial charge >= 0.3 is 0 Å². The van der Waals surface area contributed by atoms with Gasteiger partial charge in [-0.25, -0.2) is 4.98 Å². The molecule has 0 bridgehead atoms. The number of benzene rings is 1. The smallest absolute Gasteiger partial charge is 0.281 e. The summed E-state index contributed by atoms with van der Waals surface area (Å²) >= 11 is 0. The van der Waals surface area contributed by atoms with E-state index in [0.717, 1.165) is 5.69 Å². The zero-order valence-corrected chi connectivity index (χ0v) is 18.9. The lowest BCUT2D eigenvalue weighted by Gasteiger charge is -2.33. The van der Waals surface area contributed by atoms with Gasteiger partial charge in [-0.2, -0.15) is 4.98 Å². The molecule has 1 amide bonds. The van der Waals surface area contributed by atoms with Crippen molar-refractivity contribution in [2.45, 2.75) is 12.2 Å². The number of aromatic nitrogens is 4. The molecule has 5 rings (SSSR count). The van der Waals surface area contributed by atoms with Gasteiger partial charge in [0.25, 0.3) is 11.5 Å². The van der Waals surface area contributed by atoms with Crippen LogP contribution in [0.3, 0.4) is 0 Å². The van der Waals surface area contributed by atoms with E-state index in [0.29, 0.717) is 21.7 Å². The normalized spacial score (nSPS) is 17.1. The number of H-pyrrole nitrogens is 1. The van der Waals surface area contributed by atoms with Crippen molar-refractivity contribution in [1.29, 1.82) is 5.41 Å². The van der Waals surface area contributed by atoms with Gasteiger partial charge in [0, 0.05) is 41.3 Å². The fraction of sp³-hybridized carbons (Fsp3) is 0.167. The SMILES string of the molecule is N=C(/C=C\Nc1ccncc1)N1CCOC(C(O)c2nc(=O)c3c(ccc4c(N)nccc43)[nH]2)C1=O. The van der Waals surface area contributed by atoms with Crippen molar-refractivity contribution < 1.29 is 14.6 Å². The monoisotopic (exact) mass is 486 g/mol. The summed E-state index contributed by atoms with van der Waals surface area (Å²) in [6.45, 7) is 0.236. The molecule has 36 heavy (non-hydrogen) atoms. The number of carbonyl (C=O) groups excluding carboxylic acids is 1. The van der Waals surface area contributed by atoms with Gasteiger partial charge in [0.15, 0.2) is 6.10 Å².